The smallest absolute Gasteiger partial charge is 0.343 e. The highest BCUT2D eigenvalue weighted by Gasteiger charge is 2.23. The average molecular weight is 457 g/mol. The Morgan fingerprint density at radius 1 is 0.742 bits per heavy atom. The number of esters is 2. The number of ether oxygens (including phenoxy) is 2. The van der Waals surface area contributed by atoms with Crippen LogP contribution in [-0.2, 0) is 5.41 Å². The largest absolute Gasteiger partial charge is 0.419 e. The number of hydrogen-bond acceptors (Lipinski definition) is 4. The molecule has 0 bridgehead atoms. The third-order valence-corrected chi connectivity index (χ3v) is 5.17. The standard InChI is InChI=1S/C25H22Cl2O4/c1-15-13-18(25(2,3)4)14-21(30-23(28)16-5-9-19(26)10-6-16)22(15)31-24(29)17-7-11-20(27)12-8-17/h5-14H,1-4H3. The molecule has 0 aliphatic heterocycles. The lowest BCUT2D eigenvalue weighted by atomic mass is 9.86. The molecule has 4 nitrogen and oxygen atoms in total. The van der Waals surface area contributed by atoms with E-state index in [0.717, 1.165) is 5.56 Å². The van der Waals surface area contributed by atoms with E-state index in [0.29, 0.717) is 26.7 Å². The van der Waals surface area contributed by atoms with Gasteiger partial charge in [0.1, 0.15) is 0 Å². The molecule has 0 aliphatic carbocycles. The third-order valence-electron chi connectivity index (χ3n) is 4.66. The Balaban J connectivity index is 1.98. The van der Waals surface area contributed by atoms with Gasteiger partial charge >= 0.3 is 11.9 Å². The average Bonchev–Trinajstić information content (AvgIpc) is 2.70. The number of carbonyl (C=O) groups excluding carboxylic acids is 2. The van der Waals surface area contributed by atoms with Gasteiger partial charge in [0.15, 0.2) is 11.5 Å². The fourth-order valence-electron chi connectivity index (χ4n) is 2.86. The third kappa shape index (κ3) is 5.66. The molecule has 6 heteroatoms. The van der Waals surface area contributed by atoms with Gasteiger partial charge in [0.05, 0.1) is 11.1 Å². The van der Waals surface area contributed by atoms with Crippen molar-refractivity contribution in [3.05, 3.63) is 93.0 Å². The maximum absolute atomic E-state index is 12.7. The molecular weight excluding hydrogens is 435 g/mol. The Kier molecular flexibility index (Phi) is 6.73. The Bertz CT molecular complexity index is 1110. The lowest BCUT2D eigenvalue weighted by molar-refractivity contribution is 0.0681. The van der Waals surface area contributed by atoms with Crippen LogP contribution in [0.1, 0.15) is 52.6 Å². The number of aryl methyl sites for hydroxylation is 1. The molecule has 0 amide bonds. The predicted octanol–water partition coefficient (Wildman–Crippen LogP) is 7.04. The van der Waals surface area contributed by atoms with Gasteiger partial charge in [0.2, 0.25) is 0 Å². The molecule has 0 atom stereocenters. The molecule has 3 rings (SSSR count). The zero-order valence-electron chi connectivity index (χ0n) is 17.7. The minimum Gasteiger partial charge on any atom is -0.419 e. The molecule has 0 radical (unpaired) electrons. The monoisotopic (exact) mass is 456 g/mol. The van der Waals surface area contributed by atoms with Gasteiger partial charge in [-0.25, -0.2) is 9.59 Å². The van der Waals surface area contributed by atoms with Crippen LogP contribution in [0.3, 0.4) is 0 Å². The van der Waals surface area contributed by atoms with Crippen LogP contribution in [0, 0.1) is 6.92 Å². The summed E-state index contributed by atoms with van der Waals surface area (Å²) in [6.45, 7) is 7.95. The van der Waals surface area contributed by atoms with E-state index in [1.54, 1.807) is 61.5 Å². The molecule has 0 unspecified atom stereocenters. The van der Waals surface area contributed by atoms with Gasteiger partial charge < -0.3 is 9.47 Å². The maximum Gasteiger partial charge on any atom is 0.343 e. The van der Waals surface area contributed by atoms with Crippen LogP contribution in [0.25, 0.3) is 0 Å². The van der Waals surface area contributed by atoms with Crippen molar-refractivity contribution in [1.29, 1.82) is 0 Å². The maximum atomic E-state index is 12.7. The van der Waals surface area contributed by atoms with Crippen LogP contribution >= 0.6 is 23.2 Å². The normalized spacial score (nSPS) is 11.2. The van der Waals surface area contributed by atoms with E-state index in [4.69, 9.17) is 32.7 Å². The van der Waals surface area contributed by atoms with Gasteiger partial charge in [-0.15, -0.1) is 0 Å². The zero-order chi connectivity index (χ0) is 22.8. The van der Waals surface area contributed by atoms with E-state index in [2.05, 4.69) is 0 Å². The zero-order valence-corrected chi connectivity index (χ0v) is 19.2. The summed E-state index contributed by atoms with van der Waals surface area (Å²) in [5.74, 6) is -0.791. The summed E-state index contributed by atoms with van der Waals surface area (Å²) in [6, 6.07) is 16.4. The number of halogens is 2. The molecule has 0 saturated carbocycles. The van der Waals surface area contributed by atoms with Gasteiger partial charge in [-0.3, -0.25) is 0 Å². The van der Waals surface area contributed by atoms with E-state index in [1.807, 2.05) is 26.8 Å². The van der Waals surface area contributed by atoms with Crippen molar-refractivity contribution in [2.45, 2.75) is 33.1 Å². The van der Waals surface area contributed by atoms with Gasteiger partial charge in [-0.05, 0) is 78.1 Å². The van der Waals surface area contributed by atoms with Crippen LogP contribution in [0.2, 0.25) is 10.0 Å². The van der Waals surface area contributed by atoms with E-state index in [-0.39, 0.29) is 16.9 Å². The van der Waals surface area contributed by atoms with Crippen molar-refractivity contribution < 1.29 is 19.1 Å². The Labute approximate surface area is 191 Å². The molecule has 0 heterocycles. The first-order chi connectivity index (χ1) is 14.5. The van der Waals surface area contributed by atoms with E-state index < -0.39 is 11.9 Å². The lowest BCUT2D eigenvalue weighted by Gasteiger charge is -2.22. The van der Waals surface area contributed by atoms with Crippen LogP contribution in [0.5, 0.6) is 11.5 Å². The molecule has 0 aromatic heterocycles. The number of rotatable bonds is 4. The quantitative estimate of drug-likeness (QED) is 0.312. The van der Waals surface area contributed by atoms with Crippen molar-refractivity contribution in [3.63, 3.8) is 0 Å². The van der Waals surface area contributed by atoms with E-state index >= 15 is 0 Å². The van der Waals surface area contributed by atoms with Crippen LogP contribution in [-0.4, -0.2) is 11.9 Å². The van der Waals surface area contributed by atoms with Gasteiger partial charge in [-0.2, -0.15) is 0 Å². The molecule has 3 aromatic rings. The molecule has 0 fully saturated rings. The van der Waals surface area contributed by atoms with E-state index in [9.17, 15) is 9.59 Å². The molecule has 160 valence electrons. The number of hydrogen-bond donors (Lipinski definition) is 0. The highest BCUT2D eigenvalue weighted by atomic mass is 35.5. The van der Waals surface area contributed by atoms with Crippen LogP contribution in [0.15, 0.2) is 60.7 Å². The van der Waals surface area contributed by atoms with Crippen molar-refractivity contribution in [2.24, 2.45) is 0 Å². The van der Waals surface area contributed by atoms with Crippen molar-refractivity contribution in [2.75, 3.05) is 0 Å². The highest BCUT2D eigenvalue weighted by Crippen LogP contribution is 2.37. The summed E-state index contributed by atoms with van der Waals surface area (Å²) in [4.78, 5) is 25.4. The van der Waals surface area contributed by atoms with Gasteiger partial charge in [0, 0.05) is 10.0 Å². The van der Waals surface area contributed by atoms with Gasteiger partial charge in [-0.1, -0.05) is 50.0 Å². The second kappa shape index (κ2) is 9.13. The summed E-state index contributed by atoms with van der Waals surface area (Å²) in [6.07, 6.45) is 0. The molecule has 0 N–H and O–H groups in total. The molecular formula is C25H22Cl2O4. The number of carbonyl (C=O) groups is 2. The highest BCUT2D eigenvalue weighted by molar-refractivity contribution is 6.31. The SMILES string of the molecule is Cc1cc(C(C)(C)C)cc(OC(=O)c2ccc(Cl)cc2)c1OC(=O)c1ccc(Cl)cc1. The summed E-state index contributed by atoms with van der Waals surface area (Å²) in [7, 11) is 0. The van der Waals surface area contributed by atoms with Crippen molar-refractivity contribution in [3.8, 4) is 11.5 Å². The summed E-state index contributed by atoms with van der Waals surface area (Å²) < 4.78 is 11.3. The number of benzene rings is 3. The summed E-state index contributed by atoms with van der Waals surface area (Å²) >= 11 is 11.8. The second-order valence-corrected chi connectivity index (χ2v) is 9.04. The molecule has 0 aliphatic rings. The van der Waals surface area contributed by atoms with Crippen molar-refractivity contribution in [1.82, 2.24) is 0 Å². The minimum absolute atomic E-state index is 0.173. The minimum atomic E-state index is -0.578. The van der Waals surface area contributed by atoms with E-state index in [1.165, 1.54) is 0 Å². The van der Waals surface area contributed by atoms with Crippen LogP contribution < -0.4 is 9.47 Å². The van der Waals surface area contributed by atoms with Crippen molar-refractivity contribution >= 4 is 35.1 Å². The fourth-order valence-corrected chi connectivity index (χ4v) is 3.12. The summed E-state index contributed by atoms with van der Waals surface area (Å²) in [5.41, 5.74) is 2.07. The Morgan fingerprint density at radius 3 is 1.65 bits per heavy atom. The summed E-state index contributed by atoms with van der Waals surface area (Å²) in [5, 5.41) is 1.03. The second-order valence-electron chi connectivity index (χ2n) is 8.16. The molecule has 0 spiro atoms. The molecule has 31 heavy (non-hydrogen) atoms. The lowest BCUT2D eigenvalue weighted by Crippen LogP contribution is -2.16. The topological polar surface area (TPSA) is 52.6 Å². The fraction of sp³-hybridized carbons (Fsp3) is 0.200. The molecule has 0 saturated heterocycles. The first kappa shape index (κ1) is 22.9. The van der Waals surface area contributed by atoms with Crippen LogP contribution in [0.4, 0.5) is 0 Å². The predicted molar refractivity (Wildman–Crippen MR) is 123 cm³/mol. The van der Waals surface area contributed by atoms with Gasteiger partial charge in [0.25, 0.3) is 0 Å². The first-order valence-corrected chi connectivity index (χ1v) is 10.4. The first-order valence-electron chi connectivity index (χ1n) is 9.65. The Hall–Kier alpha value is -2.82. The molecule has 3 aromatic carbocycles. The Morgan fingerprint density at radius 2 is 1.19 bits per heavy atom.